The summed E-state index contributed by atoms with van der Waals surface area (Å²) in [5, 5.41) is 4.59. The van der Waals surface area contributed by atoms with Crippen LogP contribution in [0.4, 0.5) is 0 Å². The molecule has 2 aromatic rings. The van der Waals surface area contributed by atoms with Crippen LogP contribution >= 0.6 is 0 Å². The molecule has 0 aliphatic carbocycles. The summed E-state index contributed by atoms with van der Waals surface area (Å²) < 4.78 is 2.03. The van der Waals surface area contributed by atoms with E-state index in [9.17, 15) is 0 Å². The average molecular weight is 297 g/mol. The first-order valence-electron chi connectivity index (χ1n) is 8.31. The molecule has 0 amide bonds. The van der Waals surface area contributed by atoms with Gasteiger partial charge < -0.3 is 0 Å². The SMILES string of the molecule is Cc1ccccc1-n1cc(C2CCN(C(C)(C)C)CC2)cn1. The zero-order valence-electron chi connectivity index (χ0n) is 14.2. The van der Waals surface area contributed by atoms with Crippen LogP contribution in [0.1, 0.15) is 50.7 Å². The zero-order valence-corrected chi connectivity index (χ0v) is 14.2. The number of piperidine rings is 1. The Balaban J connectivity index is 1.72. The van der Waals surface area contributed by atoms with Crippen molar-refractivity contribution in [3.63, 3.8) is 0 Å². The molecule has 1 aliphatic heterocycles. The maximum atomic E-state index is 4.59. The standard InChI is InChI=1S/C19H27N3/c1-15-7-5-6-8-18(15)22-14-17(13-20-22)16-9-11-21(12-10-16)19(2,3)4/h5-8,13-14,16H,9-12H2,1-4H3. The fourth-order valence-corrected chi connectivity index (χ4v) is 3.38. The van der Waals surface area contributed by atoms with Gasteiger partial charge in [0.2, 0.25) is 0 Å². The molecule has 22 heavy (non-hydrogen) atoms. The van der Waals surface area contributed by atoms with Crippen molar-refractivity contribution < 1.29 is 0 Å². The predicted octanol–water partition coefficient (Wildman–Crippen LogP) is 4.16. The summed E-state index contributed by atoms with van der Waals surface area (Å²) in [4.78, 5) is 2.59. The van der Waals surface area contributed by atoms with Crippen LogP contribution in [0.2, 0.25) is 0 Å². The van der Waals surface area contributed by atoms with E-state index >= 15 is 0 Å². The Labute approximate surface area is 133 Å². The molecule has 0 atom stereocenters. The van der Waals surface area contributed by atoms with Gasteiger partial charge in [0.25, 0.3) is 0 Å². The van der Waals surface area contributed by atoms with Gasteiger partial charge in [-0.25, -0.2) is 4.68 Å². The molecular formula is C19H27N3. The number of likely N-dealkylation sites (tertiary alicyclic amines) is 1. The van der Waals surface area contributed by atoms with Crippen molar-refractivity contribution >= 4 is 0 Å². The molecule has 1 saturated heterocycles. The summed E-state index contributed by atoms with van der Waals surface area (Å²) in [7, 11) is 0. The van der Waals surface area contributed by atoms with Gasteiger partial charge in [0.1, 0.15) is 0 Å². The minimum absolute atomic E-state index is 0.288. The highest BCUT2D eigenvalue weighted by Crippen LogP contribution is 2.31. The molecule has 3 rings (SSSR count). The normalized spacial score (nSPS) is 17.8. The molecule has 3 nitrogen and oxygen atoms in total. The van der Waals surface area contributed by atoms with Gasteiger partial charge in [-0.3, -0.25) is 4.90 Å². The fraction of sp³-hybridized carbons (Fsp3) is 0.526. The fourth-order valence-electron chi connectivity index (χ4n) is 3.38. The topological polar surface area (TPSA) is 21.1 Å². The third-order valence-electron chi connectivity index (χ3n) is 4.88. The number of aryl methyl sites for hydroxylation is 1. The van der Waals surface area contributed by atoms with E-state index in [4.69, 9.17) is 0 Å². The van der Waals surface area contributed by atoms with Crippen molar-refractivity contribution in [1.29, 1.82) is 0 Å². The van der Waals surface area contributed by atoms with Crippen LogP contribution < -0.4 is 0 Å². The first kappa shape index (κ1) is 15.3. The number of hydrogen-bond acceptors (Lipinski definition) is 2. The number of aromatic nitrogens is 2. The molecule has 0 spiro atoms. The molecule has 1 aromatic heterocycles. The van der Waals surface area contributed by atoms with E-state index in [0.717, 1.165) is 0 Å². The highest BCUT2D eigenvalue weighted by Gasteiger charge is 2.28. The lowest BCUT2D eigenvalue weighted by Gasteiger charge is -2.40. The summed E-state index contributed by atoms with van der Waals surface area (Å²) in [6, 6.07) is 8.42. The lowest BCUT2D eigenvalue weighted by atomic mass is 9.89. The second kappa shape index (κ2) is 5.88. The second-order valence-corrected chi connectivity index (χ2v) is 7.44. The van der Waals surface area contributed by atoms with Crippen molar-refractivity contribution in [2.24, 2.45) is 0 Å². The second-order valence-electron chi connectivity index (χ2n) is 7.44. The Morgan fingerprint density at radius 2 is 1.77 bits per heavy atom. The molecule has 118 valence electrons. The molecule has 1 aliphatic rings. The smallest absolute Gasteiger partial charge is 0.0674 e. The maximum Gasteiger partial charge on any atom is 0.0674 e. The zero-order chi connectivity index (χ0) is 15.7. The van der Waals surface area contributed by atoms with Gasteiger partial charge in [0.05, 0.1) is 11.9 Å². The summed E-state index contributed by atoms with van der Waals surface area (Å²) in [6.07, 6.45) is 6.75. The van der Waals surface area contributed by atoms with E-state index in [1.807, 2.05) is 4.68 Å². The van der Waals surface area contributed by atoms with Crippen molar-refractivity contribution in [3.05, 3.63) is 47.8 Å². The Kier molecular flexibility index (Phi) is 4.09. The lowest BCUT2D eigenvalue weighted by molar-refractivity contribution is 0.102. The van der Waals surface area contributed by atoms with Crippen LogP contribution in [-0.2, 0) is 0 Å². The van der Waals surface area contributed by atoms with Crippen LogP contribution in [0, 0.1) is 6.92 Å². The summed E-state index contributed by atoms with van der Waals surface area (Å²) in [6.45, 7) is 11.4. The van der Waals surface area contributed by atoms with Crippen LogP contribution in [0.5, 0.6) is 0 Å². The van der Waals surface area contributed by atoms with Crippen molar-refractivity contribution in [1.82, 2.24) is 14.7 Å². The largest absolute Gasteiger partial charge is 0.298 e. The Morgan fingerprint density at radius 3 is 2.41 bits per heavy atom. The molecule has 1 fully saturated rings. The summed E-state index contributed by atoms with van der Waals surface area (Å²) >= 11 is 0. The molecule has 2 heterocycles. The van der Waals surface area contributed by atoms with E-state index in [1.54, 1.807) is 0 Å². The molecule has 1 aromatic carbocycles. The Bertz CT molecular complexity index is 628. The minimum atomic E-state index is 0.288. The highest BCUT2D eigenvalue weighted by molar-refractivity contribution is 5.39. The molecular weight excluding hydrogens is 270 g/mol. The van der Waals surface area contributed by atoms with Gasteiger partial charge in [-0.05, 0) is 76.7 Å². The molecule has 0 N–H and O–H groups in total. The van der Waals surface area contributed by atoms with Crippen molar-refractivity contribution in [2.75, 3.05) is 13.1 Å². The summed E-state index contributed by atoms with van der Waals surface area (Å²) in [5.41, 5.74) is 4.12. The van der Waals surface area contributed by atoms with Gasteiger partial charge in [-0.1, -0.05) is 18.2 Å². The molecule has 0 saturated carbocycles. The average Bonchev–Trinajstić information content (AvgIpc) is 2.96. The van der Waals surface area contributed by atoms with Gasteiger partial charge in [-0.2, -0.15) is 5.10 Å². The van der Waals surface area contributed by atoms with Crippen LogP contribution in [-0.4, -0.2) is 33.3 Å². The molecule has 0 unspecified atom stereocenters. The predicted molar refractivity (Wildman–Crippen MR) is 91.6 cm³/mol. The monoisotopic (exact) mass is 297 g/mol. The third-order valence-corrected chi connectivity index (χ3v) is 4.88. The van der Waals surface area contributed by atoms with E-state index in [-0.39, 0.29) is 5.54 Å². The maximum absolute atomic E-state index is 4.59. The van der Waals surface area contributed by atoms with Crippen LogP contribution in [0.25, 0.3) is 5.69 Å². The van der Waals surface area contributed by atoms with Crippen LogP contribution in [0.15, 0.2) is 36.7 Å². The van der Waals surface area contributed by atoms with Gasteiger partial charge >= 0.3 is 0 Å². The van der Waals surface area contributed by atoms with E-state index in [0.29, 0.717) is 5.92 Å². The first-order valence-corrected chi connectivity index (χ1v) is 8.31. The van der Waals surface area contributed by atoms with E-state index in [1.165, 1.54) is 42.7 Å². The van der Waals surface area contributed by atoms with Crippen LogP contribution in [0.3, 0.4) is 0 Å². The number of hydrogen-bond donors (Lipinski definition) is 0. The van der Waals surface area contributed by atoms with Gasteiger partial charge in [-0.15, -0.1) is 0 Å². The van der Waals surface area contributed by atoms with Crippen molar-refractivity contribution in [3.8, 4) is 5.69 Å². The highest BCUT2D eigenvalue weighted by atomic mass is 15.3. The van der Waals surface area contributed by atoms with E-state index in [2.05, 4.69) is 74.4 Å². The Hall–Kier alpha value is -1.61. The Morgan fingerprint density at radius 1 is 1.09 bits per heavy atom. The summed E-state index contributed by atoms with van der Waals surface area (Å²) in [5.74, 6) is 0.649. The number of nitrogens with zero attached hydrogens (tertiary/aromatic N) is 3. The van der Waals surface area contributed by atoms with E-state index < -0.39 is 0 Å². The number of benzene rings is 1. The quantitative estimate of drug-likeness (QED) is 0.830. The number of para-hydroxylation sites is 1. The molecule has 0 radical (unpaired) electrons. The first-order chi connectivity index (χ1) is 10.4. The van der Waals surface area contributed by atoms with Gasteiger partial charge in [0.15, 0.2) is 0 Å². The minimum Gasteiger partial charge on any atom is -0.298 e. The molecule has 3 heteroatoms. The third kappa shape index (κ3) is 3.09. The number of rotatable bonds is 2. The molecule has 0 bridgehead atoms. The lowest BCUT2D eigenvalue weighted by Crippen LogP contribution is -2.45. The van der Waals surface area contributed by atoms with Crippen molar-refractivity contribution in [2.45, 2.75) is 52.0 Å². The van der Waals surface area contributed by atoms with Gasteiger partial charge in [0, 0.05) is 11.7 Å².